The highest BCUT2D eigenvalue weighted by Crippen LogP contribution is 2.00. The van der Waals surface area contributed by atoms with Gasteiger partial charge in [-0.3, -0.25) is 9.36 Å². The Balaban J connectivity index is 2.49. The van der Waals surface area contributed by atoms with Crippen molar-refractivity contribution in [3.63, 3.8) is 0 Å². The second kappa shape index (κ2) is 2.65. The van der Waals surface area contributed by atoms with E-state index >= 15 is 0 Å². The van der Waals surface area contributed by atoms with E-state index < -0.39 is 0 Å². The lowest BCUT2D eigenvalue weighted by molar-refractivity contribution is 0.526. The SMILES string of the molecule is O=c1ccn(-c2ncco2)cc1. The largest absolute Gasteiger partial charge is 0.432 e. The number of hydrogen-bond acceptors (Lipinski definition) is 3. The molecule has 2 heterocycles. The van der Waals surface area contributed by atoms with Crippen LogP contribution in [-0.4, -0.2) is 9.55 Å². The summed E-state index contributed by atoms with van der Waals surface area (Å²) in [6.07, 6.45) is 6.24. The lowest BCUT2D eigenvalue weighted by Crippen LogP contribution is -2.01. The first-order valence-corrected chi connectivity index (χ1v) is 3.44. The molecule has 0 radical (unpaired) electrons. The van der Waals surface area contributed by atoms with E-state index in [4.69, 9.17) is 4.42 Å². The molecule has 0 aliphatic heterocycles. The van der Waals surface area contributed by atoms with Gasteiger partial charge in [-0.1, -0.05) is 0 Å². The Morgan fingerprint density at radius 3 is 2.67 bits per heavy atom. The summed E-state index contributed by atoms with van der Waals surface area (Å²) >= 11 is 0. The molecule has 0 aliphatic rings. The molecule has 2 aromatic heterocycles. The van der Waals surface area contributed by atoms with E-state index in [0.29, 0.717) is 6.01 Å². The van der Waals surface area contributed by atoms with Gasteiger partial charge in [0, 0.05) is 24.5 Å². The molecular weight excluding hydrogens is 156 g/mol. The molecule has 2 rings (SSSR count). The number of rotatable bonds is 1. The Bertz CT molecular complexity index is 396. The summed E-state index contributed by atoms with van der Waals surface area (Å²) in [5, 5.41) is 0. The molecule has 0 aromatic carbocycles. The van der Waals surface area contributed by atoms with E-state index in [1.54, 1.807) is 23.2 Å². The summed E-state index contributed by atoms with van der Waals surface area (Å²) < 4.78 is 6.64. The van der Waals surface area contributed by atoms with Gasteiger partial charge >= 0.3 is 6.01 Å². The third kappa shape index (κ3) is 1.14. The highest BCUT2D eigenvalue weighted by Gasteiger charge is 1.96. The molecule has 0 aliphatic carbocycles. The molecule has 0 fully saturated rings. The van der Waals surface area contributed by atoms with Gasteiger partial charge < -0.3 is 4.42 Å². The summed E-state index contributed by atoms with van der Waals surface area (Å²) in [7, 11) is 0. The van der Waals surface area contributed by atoms with Crippen LogP contribution in [0.25, 0.3) is 6.01 Å². The van der Waals surface area contributed by atoms with Gasteiger partial charge in [0.1, 0.15) is 6.26 Å². The van der Waals surface area contributed by atoms with Gasteiger partial charge in [0.15, 0.2) is 5.43 Å². The van der Waals surface area contributed by atoms with Crippen LogP contribution in [0.15, 0.2) is 46.2 Å². The standard InChI is InChI=1S/C8H6N2O2/c11-7-1-4-10(5-2-7)8-9-3-6-12-8/h1-6H. The molecule has 0 unspecified atom stereocenters. The Morgan fingerprint density at radius 1 is 1.33 bits per heavy atom. The third-order valence-corrected chi connectivity index (χ3v) is 1.44. The molecule has 12 heavy (non-hydrogen) atoms. The minimum atomic E-state index is -0.0298. The maximum atomic E-state index is 10.7. The van der Waals surface area contributed by atoms with Crippen molar-refractivity contribution in [1.82, 2.24) is 9.55 Å². The number of hydrogen-bond donors (Lipinski definition) is 0. The maximum absolute atomic E-state index is 10.7. The van der Waals surface area contributed by atoms with Crippen LogP contribution in [-0.2, 0) is 0 Å². The van der Waals surface area contributed by atoms with Crippen LogP contribution in [0.4, 0.5) is 0 Å². The molecule has 4 heteroatoms. The summed E-state index contributed by atoms with van der Waals surface area (Å²) in [5.74, 6) is 0. The number of nitrogens with zero attached hydrogens (tertiary/aromatic N) is 2. The molecule has 60 valence electrons. The molecule has 0 N–H and O–H groups in total. The van der Waals surface area contributed by atoms with Crippen molar-refractivity contribution >= 4 is 0 Å². The second-order valence-corrected chi connectivity index (χ2v) is 2.26. The average Bonchev–Trinajstić information content (AvgIpc) is 2.58. The first-order chi connectivity index (χ1) is 5.86. The van der Waals surface area contributed by atoms with Gasteiger partial charge in [-0.15, -0.1) is 0 Å². The van der Waals surface area contributed by atoms with Gasteiger partial charge in [0.25, 0.3) is 0 Å². The minimum absolute atomic E-state index is 0.0298. The van der Waals surface area contributed by atoms with Crippen LogP contribution < -0.4 is 5.43 Å². The molecule has 0 atom stereocenters. The number of aromatic nitrogens is 2. The maximum Gasteiger partial charge on any atom is 0.305 e. The van der Waals surface area contributed by atoms with Gasteiger partial charge in [0.05, 0.1) is 6.20 Å². The summed E-state index contributed by atoms with van der Waals surface area (Å²) in [6, 6.07) is 3.35. The Hall–Kier alpha value is -1.84. The van der Waals surface area contributed by atoms with Crippen LogP contribution in [0, 0.1) is 0 Å². The van der Waals surface area contributed by atoms with Crippen molar-refractivity contribution in [1.29, 1.82) is 0 Å². The predicted octanol–water partition coefficient (Wildman–Crippen LogP) is 0.826. The van der Waals surface area contributed by atoms with E-state index in [0.717, 1.165) is 0 Å². The van der Waals surface area contributed by atoms with E-state index in [-0.39, 0.29) is 5.43 Å². The van der Waals surface area contributed by atoms with Crippen molar-refractivity contribution < 1.29 is 4.42 Å². The Morgan fingerprint density at radius 2 is 2.08 bits per heavy atom. The van der Waals surface area contributed by atoms with Crippen LogP contribution in [0.1, 0.15) is 0 Å². The fourth-order valence-electron chi connectivity index (χ4n) is 0.884. The monoisotopic (exact) mass is 162 g/mol. The normalized spacial score (nSPS) is 10.0. The van der Waals surface area contributed by atoms with Crippen LogP contribution in [0.2, 0.25) is 0 Å². The van der Waals surface area contributed by atoms with Gasteiger partial charge in [-0.2, -0.15) is 0 Å². The minimum Gasteiger partial charge on any atom is -0.432 e. The first-order valence-electron chi connectivity index (χ1n) is 3.44. The van der Waals surface area contributed by atoms with Crippen LogP contribution in [0.3, 0.4) is 0 Å². The van der Waals surface area contributed by atoms with Crippen LogP contribution in [0.5, 0.6) is 0 Å². The molecule has 0 spiro atoms. The quantitative estimate of drug-likeness (QED) is 0.623. The second-order valence-electron chi connectivity index (χ2n) is 2.26. The number of pyridine rings is 1. The molecular formula is C8H6N2O2. The molecule has 2 aromatic rings. The zero-order valence-corrected chi connectivity index (χ0v) is 6.18. The van der Waals surface area contributed by atoms with E-state index in [1.807, 2.05) is 0 Å². The molecule has 0 amide bonds. The van der Waals surface area contributed by atoms with Crippen LogP contribution >= 0.6 is 0 Å². The highest BCUT2D eigenvalue weighted by molar-refractivity contribution is 5.08. The van der Waals surface area contributed by atoms with E-state index in [9.17, 15) is 4.79 Å². The van der Waals surface area contributed by atoms with Gasteiger partial charge in [-0.25, -0.2) is 4.98 Å². The predicted molar refractivity (Wildman–Crippen MR) is 42.1 cm³/mol. The highest BCUT2D eigenvalue weighted by atomic mass is 16.4. The lowest BCUT2D eigenvalue weighted by Gasteiger charge is -1.96. The summed E-state index contributed by atoms with van der Waals surface area (Å²) in [4.78, 5) is 14.6. The van der Waals surface area contributed by atoms with Gasteiger partial charge in [-0.05, 0) is 0 Å². The van der Waals surface area contributed by atoms with E-state index in [1.165, 1.54) is 18.4 Å². The number of oxazole rings is 1. The third-order valence-electron chi connectivity index (χ3n) is 1.44. The zero-order chi connectivity index (χ0) is 8.39. The lowest BCUT2D eigenvalue weighted by atomic mass is 10.5. The topological polar surface area (TPSA) is 48.0 Å². The first kappa shape index (κ1) is 6.84. The van der Waals surface area contributed by atoms with Crippen molar-refractivity contribution in [2.45, 2.75) is 0 Å². The van der Waals surface area contributed by atoms with Gasteiger partial charge in [0.2, 0.25) is 0 Å². The Labute approximate surface area is 68.1 Å². The average molecular weight is 162 g/mol. The van der Waals surface area contributed by atoms with Crippen molar-refractivity contribution in [2.24, 2.45) is 0 Å². The molecule has 4 nitrogen and oxygen atoms in total. The summed E-state index contributed by atoms with van der Waals surface area (Å²) in [5.41, 5.74) is -0.0298. The fourth-order valence-corrected chi connectivity index (χ4v) is 0.884. The fraction of sp³-hybridized carbons (Fsp3) is 0. The smallest absolute Gasteiger partial charge is 0.305 e. The molecule has 0 bridgehead atoms. The zero-order valence-electron chi connectivity index (χ0n) is 6.18. The Kier molecular flexibility index (Phi) is 1.51. The van der Waals surface area contributed by atoms with Crippen molar-refractivity contribution in [3.05, 3.63) is 47.2 Å². The molecule has 0 saturated heterocycles. The summed E-state index contributed by atoms with van der Waals surface area (Å²) in [6.45, 7) is 0. The molecule has 0 saturated carbocycles. The van der Waals surface area contributed by atoms with Crippen molar-refractivity contribution in [2.75, 3.05) is 0 Å². The van der Waals surface area contributed by atoms with Crippen molar-refractivity contribution in [3.8, 4) is 6.01 Å². The van der Waals surface area contributed by atoms with E-state index in [2.05, 4.69) is 4.98 Å².